The maximum absolute atomic E-state index is 11.1. The molecule has 0 aliphatic heterocycles. The zero-order chi connectivity index (χ0) is 12.5. The van der Waals surface area contributed by atoms with Crippen molar-refractivity contribution in [1.29, 1.82) is 0 Å². The molecule has 1 aromatic rings. The van der Waals surface area contributed by atoms with E-state index in [2.05, 4.69) is 12.1 Å². The van der Waals surface area contributed by atoms with Crippen LogP contribution in [0.15, 0.2) is 24.3 Å². The molecule has 17 heavy (non-hydrogen) atoms. The Kier molecular flexibility index (Phi) is 3.80. The molecule has 0 fully saturated rings. The molecule has 0 aromatic heterocycles. The minimum Gasteiger partial charge on any atom is -0.323 e. The van der Waals surface area contributed by atoms with Gasteiger partial charge in [0.05, 0.1) is 5.75 Å². The normalized spacial score (nSPS) is 23.6. The van der Waals surface area contributed by atoms with E-state index in [1.165, 1.54) is 17.4 Å². The molecule has 1 aromatic carbocycles. The van der Waals surface area contributed by atoms with E-state index in [-0.39, 0.29) is 11.8 Å². The molecule has 0 saturated heterocycles. The van der Waals surface area contributed by atoms with E-state index in [0.29, 0.717) is 11.0 Å². The molecule has 0 amide bonds. The lowest BCUT2D eigenvalue weighted by Gasteiger charge is -2.15. The monoisotopic (exact) mass is 271 g/mol. The van der Waals surface area contributed by atoms with Crippen molar-refractivity contribution in [1.82, 2.24) is 0 Å². The molecule has 5 heteroatoms. The highest BCUT2D eigenvalue weighted by Crippen LogP contribution is 2.36. The van der Waals surface area contributed by atoms with Crippen molar-refractivity contribution < 1.29 is 8.42 Å². The minimum atomic E-state index is -2.86. The molecule has 3 nitrogen and oxygen atoms in total. The third kappa shape index (κ3) is 3.24. The Morgan fingerprint density at radius 3 is 2.76 bits per heavy atom. The first-order valence-corrected chi connectivity index (χ1v) is 8.71. The highest BCUT2D eigenvalue weighted by atomic mass is 32.2. The molecule has 0 saturated carbocycles. The van der Waals surface area contributed by atoms with Crippen LogP contribution < -0.4 is 5.73 Å². The second-order valence-corrected chi connectivity index (χ2v) is 8.07. The van der Waals surface area contributed by atoms with Crippen molar-refractivity contribution in [3.8, 4) is 0 Å². The van der Waals surface area contributed by atoms with Gasteiger partial charge in [-0.05, 0) is 17.5 Å². The van der Waals surface area contributed by atoms with Crippen LogP contribution in [0.5, 0.6) is 0 Å². The predicted molar refractivity (Wildman–Crippen MR) is 73.0 cm³/mol. The van der Waals surface area contributed by atoms with Gasteiger partial charge in [-0.1, -0.05) is 24.3 Å². The lowest BCUT2D eigenvalue weighted by atomic mass is 10.1. The van der Waals surface area contributed by atoms with Crippen molar-refractivity contribution in [3.63, 3.8) is 0 Å². The van der Waals surface area contributed by atoms with Crippen LogP contribution in [0.25, 0.3) is 0 Å². The van der Waals surface area contributed by atoms with E-state index in [0.717, 1.165) is 6.42 Å². The fourth-order valence-corrected chi connectivity index (χ4v) is 4.65. The van der Waals surface area contributed by atoms with Gasteiger partial charge in [-0.3, -0.25) is 0 Å². The van der Waals surface area contributed by atoms with E-state index in [4.69, 9.17) is 5.73 Å². The summed E-state index contributed by atoms with van der Waals surface area (Å²) < 4.78 is 22.1. The third-order valence-corrected chi connectivity index (χ3v) is 5.55. The van der Waals surface area contributed by atoms with Crippen molar-refractivity contribution in [2.75, 3.05) is 17.8 Å². The topological polar surface area (TPSA) is 60.2 Å². The lowest BCUT2D eigenvalue weighted by molar-refractivity contribution is 0.603. The first kappa shape index (κ1) is 12.9. The number of hydrogen-bond donors (Lipinski definition) is 1. The highest BCUT2D eigenvalue weighted by molar-refractivity contribution is 8.01. The van der Waals surface area contributed by atoms with Crippen LogP contribution in [-0.4, -0.2) is 31.4 Å². The van der Waals surface area contributed by atoms with Gasteiger partial charge in [0.25, 0.3) is 0 Å². The van der Waals surface area contributed by atoms with Gasteiger partial charge in [0.2, 0.25) is 0 Å². The molecule has 0 heterocycles. The summed E-state index contributed by atoms with van der Waals surface area (Å²) in [5.74, 6) is 0.864. The van der Waals surface area contributed by atoms with Crippen molar-refractivity contribution in [2.45, 2.75) is 17.7 Å². The van der Waals surface area contributed by atoms with Gasteiger partial charge in [0, 0.05) is 23.3 Å². The summed E-state index contributed by atoms with van der Waals surface area (Å²) in [6.45, 7) is 0. The summed E-state index contributed by atoms with van der Waals surface area (Å²) in [5.41, 5.74) is 8.69. The van der Waals surface area contributed by atoms with Crippen molar-refractivity contribution in [2.24, 2.45) is 5.73 Å². The summed E-state index contributed by atoms with van der Waals surface area (Å²) in [6, 6.07) is 8.23. The second-order valence-electron chi connectivity index (χ2n) is 4.47. The zero-order valence-electron chi connectivity index (χ0n) is 9.80. The van der Waals surface area contributed by atoms with Gasteiger partial charge in [-0.25, -0.2) is 8.42 Å². The molecule has 1 aliphatic rings. The molecular weight excluding hydrogens is 254 g/mol. The van der Waals surface area contributed by atoms with Gasteiger partial charge in [0.1, 0.15) is 9.84 Å². The highest BCUT2D eigenvalue weighted by Gasteiger charge is 2.29. The number of nitrogens with two attached hydrogens (primary N) is 1. The van der Waals surface area contributed by atoms with Gasteiger partial charge in [-0.2, -0.15) is 11.8 Å². The van der Waals surface area contributed by atoms with Crippen LogP contribution in [-0.2, 0) is 16.3 Å². The van der Waals surface area contributed by atoms with E-state index in [9.17, 15) is 8.42 Å². The van der Waals surface area contributed by atoms with Crippen LogP contribution in [0.2, 0.25) is 0 Å². The Bertz CT molecular complexity index is 499. The summed E-state index contributed by atoms with van der Waals surface area (Å²) in [6.07, 6.45) is 2.22. The summed E-state index contributed by atoms with van der Waals surface area (Å²) in [5, 5.41) is 0.314. The number of rotatable bonds is 4. The molecule has 2 unspecified atom stereocenters. The average molecular weight is 271 g/mol. The van der Waals surface area contributed by atoms with Gasteiger partial charge < -0.3 is 5.73 Å². The van der Waals surface area contributed by atoms with Gasteiger partial charge >= 0.3 is 0 Å². The number of hydrogen-bond acceptors (Lipinski definition) is 4. The molecule has 2 N–H and O–H groups in total. The van der Waals surface area contributed by atoms with Crippen LogP contribution in [0.1, 0.15) is 17.2 Å². The Balaban J connectivity index is 1.94. The molecular formula is C12H17NO2S2. The fourth-order valence-electron chi connectivity index (χ4n) is 2.10. The van der Waals surface area contributed by atoms with E-state index in [1.54, 1.807) is 11.8 Å². The molecule has 94 valence electrons. The molecule has 0 spiro atoms. The smallest absolute Gasteiger partial charge is 0.148 e. The SMILES string of the molecule is CS(=O)(=O)CCSC1Cc2ccccc2C1N. The summed E-state index contributed by atoms with van der Waals surface area (Å²) in [7, 11) is -2.86. The molecule has 1 aliphatic carbocycles. The maximum atomic E-state index is 11.1. The van der Waals surface area contributed by atoms with Crippen molar-refractivity contribution >= 4 is 21.6 Å². The van der Waals surface area contributed by atoms with Crippen LogP contribution in [0.4, 0.5) is 0 Å². The first-order valence-electron chi connectivity index (χ1n) is 5.60. The van der Waals surface area contributed by atoms with E-state index >= 15 is 0 Å². The van der Waals surface area contributed by atoms with Crippen LogP contribution in [0.3, 0.4) is 0 Å². The number of thioether (sulfide) groups is 1. The van der Waals surface area contributed by atoms with Crippen LogP contribution >= 0.6 is 11.8 Å². The molecule has 0 bridgehead atoms. The van der Waals surface area contributed by atoms with E-state index < -0.39 is 9.84 Å². The zero-order valence-corrected chi connectivity index (χ0v) is 11.4. The molecule has 2 atom stereocenters. The lowest BCUT2D eigenvalue weighted by Crippen LogP contribution is -2.20. The van der Waals surface area contributed by atoms with Gasteiger partial charge in [0.15, 0.2) is 0 Å². The minimum absolute atomic E-state index is 0.0377. The Labute approximate surface area is 107 Å². The molecule has 2 rings (SSSR count). The quantitative estimate of drug-likeness (QED) is 0.899. The average Bonchev–Trinajstić information content (AvgIpc) is 2.55. The standard InChI is InChI=1S/C12H17NO2S2/c1-17(14,15)7-6-16-11-8-9-4-2-3-5-10(9)12(11)13/h2-5,11-12H,6-8,13H2,1H3. The fraction of sp³-hybridized carbons (Fsp3) is 0.500. The summed E-state index contributed by atoms with van der Waals surface area (Å²) in [4.78, 5) is 0. The summed E-state index contributed by atoms with van der Waals surface area (Å²) >= 11 is 1.67. The number of benzene rings is 1. The first-order chi connectivity index (χ1) is 7.97. The van der Waals surface area contributed by atoms with Crippen molar-refractivity contribution in [3.05, 3.63) is 35.4 Å². The Morgan fingerprint density at radius 2 is 2.12 bits per heavy atom. The Morgan fingerprint density at radius 1 is 1.41 bits per heavy atom. The second kappa shape index (κ2) is 5.00. The number of sulfone groups is 1. The van der Waals surface area contributed by atoms with Gasteiger partial charge in [-0.15, -0.1) is 0 Å². The predicted octanol–water partition coefficient (Wildman–Crippen LogP) is 1.39. The van der Waals surface area contributed by atoms with E-state index in [1.807, 2.05) is 12.1 Å². The Hall–Kier alpha value is -0.520. The molecule has 0 radical (unpaired) electrons. The largest absolute Gasteiger partial charge is 0.323 e. The maximum Gasteiger partial charge on any atom is 0.148 e. The number of fused-ring (bicyclic) bond motifs is 1. The third-order valence-electron chi connectivity index (χ3n) is 3.02. The van der Waals surface area contributed by atoms with Crippen LogP contribution in [0, 0.1) is 0 Å².